The average Bonchev–Trinajstić information content (AvgIpc) is 2.34. The zero-order valence-electron chi connectivity index (χ0n) is 9.30. The SMILES string of the molecule is O=C(NC1CCCNC1)c1ccc(Br)c(Cl)c1. The molecule has 1 aromatic rings. The van der Waals surface area contributed by atoms with Crippen molar-refractivity contribution in [2.75, 3.05) is 13.1 Å². The van der Waals surface area contributed by atoms with Crippen LogP contribution >= 0.6 is 27.5 Å². The third kappa shape index (κ3) is 3.44. The average molecular weight is 318 g/mol. The van der Waals surface area contributed by atoms with E-state index in [0.29, 0.717) is 10.6 Å². The second-order valence-corrected chi connectivity index (χ2v) is 5.41. The van der Waals surface area contributed by atoms with Crippen LogP contribution in [0.4, 0.5) is 0 Å². The molecule has 0 radical (unpaired) electrons. The maximum Gasteiger partial charge on any atom is 0.251 e. The first-order chi connectivity index (χ1) is 8.16. The fourth-order valence-corrected chi connectivity index (χ4v) is 2.31. The van der Waals surface area contributed by atoms with Crippen LogP contribution in [0.25, 0.3) is 0 Å². The molecule has 3 nitrogen and oxygen atoms in total. The summed E-state index contributed by atoms with van der Waals surface area (Å²) in [6.07, 6.45) is 2.13. The molecule has 1 fully saturated rings. The lowest BCUT2D eigenvalue weighted by molar-refractivity contribution is 0.0930. The molecule has 0 aliphatic carbocycles. The van der Waals surface area contributed by atoms with Crippen molar-refractivity contribution in [3.05, 3.63) is 33.3 Å². The molecule has 17 heavy (non-hydrogen) atoms. The molecule has 1 heterocycles. The Morgan fingerprint density at radius 1 is 1.53 bits per heavy atom. The van der Waals surface area contributed by atoms with E-state index in [1.165, 1.54) is 0 Å². The predicted octanol–water partition coefficient (Wildman–Crippen LogP) is 2.58. The van der Waals surface area contributed by atoms with Gasteiger partial charge >= 0.3 is 0 Å². The Labute approximate surface area is 114 Å². The number of halogens is 2. The number of hydrogen-bond acceptors (Lipinski definition) is 2. The number of amides is 1. The quantitative estimate of drug-likeness (QED) is 0.880. The summed E-state index contributed by atoms with van der Waals surface area (Å²) in [5.74, 6) is -0.0619. The standard InChI is InChI=1S/C12H14BrClN2O/c13-10-4-3-8(6-11(10)14)12(17)16-9-2-1-5-15-7-9/h3-4,6,9,15H,1-2,5,7H2,(H,16,17). The molecule has 2 N–H and O–H groups in total. The number of carbonyl (C=O) groups is 1. The molecule has 0 saturated carbocycles. The van der Waals surface area contributed by atoms with Crippen LogP contribution in [0.15, 0.2) is 22.7 Å². The van der Waals surface area contributed by atoms with Gasteiger partial charge in [-0.05, 0) is 53.5 Å². The summed E-state index contributed by atoms with van der Waals surface area (Å²) in [4.78, 5) is 12.0. The number of carbonyl (C=O) groups excluding carboxylic acids is 1. The highest BCUT2D eigenvalue weighted by molar-refractivity contribution is 9.10. The molecule has 2 rings (SSSR count). The van der Waals surface area contributed by atoms with Gasteiger partial charge in [0.25, 0.3) is 5.91 Å². The molecule has 0 spiro atoms. The van der Waals surface area contributed by atoms with Crippen LogP contribution in [-0.4, -0.2) is 25.0 Å². The lowest BCUT2D eigenvalue weighted by atomic mass is 10.1. The summed E-state index contributed by atoms with van der Waals surface area (Å²) in [5, 5.41) is 6.83. The Morgan fingerprint density at radius 2 is 2.35 bits per heavy atom. The first-order valence-corrected chi connectivity index (χ1v) is 6.80. The number of benzene rings is 1. The van der Waals surface area contributed by atoms with Gasteiger partial charge in [0, 0.05) is 22.6 Å². The second-order valence-electron chi connectivity index (χ2n) is 4.15. The number of piperidine rings is 1. The molecule has 92 valence electrons. The monoisotopic (exact) mass is 316 g/mol. The zero-order valence-corrected chi connectivity index (χ0v) is 11.6. The van der Waals surface area contributed by atoms with Gasteiger partial charge in [0.15, 0.2) is 0 Å². The number of nitrogens with one attached hydrogen (secondary N) is 2. The van der Waals surface area contributed by atoms with Crippen molar-refractivity contribution in [2.24, 2.45) is 0 Å². The van der Waals surface area contributed by atoms with Gasteiger partial charge < -0.3 is 10.6 Å². The Balaban J connectivity index is 2.01. The number of rotatable bonds is 2. The van der Waals surface area contributed by atoms with E-state index < -0.39 is 0 Å². The van der Waals surface area contributed by atoms with E-state index in [2.05, 4.69) is 26.6 Å². The highest BCUT2D eigenvalue weighted by atomic mass is 79.9. The lowest BCUT2D eigenvalue weighted by Gasteiger charge is -2.23. The van der Waals surface area contributed by atoms with Gasteiger partial charge in [0.2, 0.25) is 0 Å². The van der Waals surface area contributed by atoms with E-state index in [4.69, 9.17) is 11.6 Å². The molecule has 1 saturated heterocycles. The zero-order chi connectivity index (χ0) is 12.3. The summed E-state index contributed by atoms with van der Waals surface area (Å²) in [6, 6.07) is 5.45. The van der Waals surface area contributed by atoms with Crippen LogP contribution in [0, 0.1) is 0 Å². The van der Waals surface area contributed by atoms with E-state index in [1.54, 1.807) is 18.2 Å². The van der Waals surface area contributed by atoms with Crippen LogP contribution in [-0.2, 0) is 0 Å². The van der Waals surface area contributed by atoms with E-state index >= 15 is 0 Å². The molecule has 0 aromatic heterocycles. The normalized spacial score (nSPS) is 20.0. The molecule has 1 aliphatic rings. The Bertz CT molecular complexity index is 419. The van der Waals surface area contributed by atoms with Gasteiger partial charge in [-0.15, -0.1) is 0 Å². The van der Waals surface area contributed by atoms with Crippen molar-refractivity contribution in [1.29, 1.82) is 0 Å². The highest BCUT2D eigenvalue weighted by Gasteiger charge is 2.16. The largest absolute Gasteiger partial charge is 0.348 e. The topological polar surface area (TPSA) is 41.1 Å². The van der Waals surface area contributed by atoms with Gasteiger partial charge in [-0.3, -0.25) is 4.79 Å². The van der Waals surface area contributed by atoms with Gasteiger partial charge in [0.1, 0.15) is 0 Å². The van der Waals surface area contributed by atoms with E-state index in [-0.39, 0.29) is 11.9 Å². The van der Waals surface area contributed by atoms with Crippen LogP contribution in [0.1, 0.15) is 23.2 Å². The molecule has 0 bridgehead atoms. The summed E-state index contributed by atoms with van der Waals surface area (Å²) in [6.45, 7) is 1.88. The Kier molecular flexibility index (Phi) is 4.42. The first kappa shape index (κ1) is 12.9. The molecular formula is C12H14BrClN2O. The maximum absolute atomic E-state index is 12.0. The fourth-order valence-electron chi connectivity index (χ4n) is 1.88. The maximum atomic E-state index is 12.0. The van der Waals surface area contributed by atoms with Gasteiger partial charge in [-0.2, -0.15) is 0 Å². The van der Waals surface area contributed by atoms with Crippen molar-refractivity contribution in [3.8, 4) is 0 Å². The minimum atomic E-state index is -0.0619. The first-order valence-electron chi connectivity index (χ1n) is 5.63. The van der Waals surface area contributed by atoms with Gasteiger partial charge in [-0.1, -0.05) is 11.6 Å². The minimum absolute atomic E-state index is 0.0619. The third-order valence-corrected chi connectivity index (χ3v) is 4.05. The van der Waals surface area contributed by atoms with Crippen LogP contribution in [0.2, 0.25) is 5.02 Å². The fraction of sp³-hybridized carbons (Fsp3) is 0.417. The van der Waals surface area contributed by atoms with Gasteiger partial charge in [-0.25, -0.2) is 0 Å². The van der Waals surface area contributed by atoms with E-state index in [0.717, 1.165) is 30.4 Å². The summed E-state index contributed by atoms with van der Waals surface area (Å²) in [5.41, 5.74) is 0.601. The van der Waals surface area contributed by atoms with Crippen LogP contribution in [0.3, 0.4) is 0 Å². The van der Waals surface area contributed by atoms with E-state index in [1.807, 2.05) is 0 Å². The molecule has 1 unspecified atom stereocenters. The molecule has 5 heteroatoms. The molecule has 1 aliphatic heterocycles. The predicted molar refractivity (Wildman–Crippen MR) is 72.5 cm³/mol. The van der Waals surface area contributed by atoms with Crippen molar-refractivity contribution >= 4 is 33.4 Å². The molecule has 1 aromatic carbocycles. The van der Waals surface area contributed by atoms with E-state index in [9.17, 15) is 4.79 Å². The summed E-state index contributed by atoms with van der Waals surface area (Å²) >= 11 is 9.26. The Hall–Kier alpha value is -0.580. The Morgan fingerprint density at radius 3 is 3.00 bits per heavy atom. The second kappa shape index (κ2) is 5.85. The summed E-state index contributed by atoms with van der Waals surface area (Å²) < 4.78 is 0.801. The van der Waals surface area contributed by atoms with Crippen LogP contribution in [0.5, 0.6) is 0 Å². The van der Waals surface area contributed by atoms with Crippen molar-refractivity contribution < 1.29 is 4.79 Å². The third-order valence-electron chi connectivity index (χ3n) is 2.81. The van der Waals surface area contributed by atoms with Gasteiger partial charge in [0.05, 0.1) is 5.02 Å². The van der Waals surface area contributed by atoms with Crippen molar-refractivity contribution in [3.63, 3.8) is 0 Å². The molecule has 1 amide bonds. The van der Waals surface area contributed by atoms with Crippen molar-refractivity contribution in [2.45, 2.75) is 18.9 Å². The summed E-state index contributed by atoms with van der Waals surface area (Å²) in [7, 11) is 0. The van der Waals surface area contributed by atoms with Crippen molar-refractivity contribution in [1.82, 2.24) is 10.6 Å². The number of hydrogen-bond donors (Lipinski definition) is 2. The molecular weight excluding hydrogens is 304 g/mol. The molecule has 1 atom stereocenters. The lowest BCUT2D eigenvalue weighted by Crippen LogP contribution is -2.45. The minimum Gasteiger partial charge on any atom is -0.348 e. The smallest absolute Gasteiger partial charge is 0.251 e. The van der Waals surface area contributed by atoms with Crippen LogP contribution < -0.4 is 10.6 Å². The highest BCUT2D eigenvalue weighted by Crippen LogP contribution is 2.23.